The fourth-order valence-electron chi connectivity index (χ4n) is 3.58. The summed E-state index contributed by atoms with van der Waals surface area (Å²) in [5.41, 5.74) is 1.05. The number of nitrogens with one attached hydrogen (secondary N) is 1. The van der Waals surface area contributed by atoms with E-state index in [1.807, 2.05) is 30.3 Å². The van der Waals surface area contributed by atoms with Crippen molar-refractivity contribution in [2.75, 3.05) is 31.2 Å². The lowest BCUT2D eigenvalue weighted by Crippen LogP contribution is -2.48. The van der Waals surface area contributed by atoms with Crippen LogP contribution in [0.3, 0.4) is 0 Å². The summed E-state index contributed by atoms with van der Waals surface area (Å²) in [5.74, 6) is 0.516. The Labute approximate surface area is 149 Å². The molecule has 2 aliphatic rings. The molecular formula is C18H26N2O4S. The molecule has 2 fully saturated rings. The van der Waals surface area contributed by atoms with Crippen LogP contribution in [0.4, 0.5) is 0 Å². The number of carbonyl (C=O) groups excluding carboxylic acids is 1. The third kappa shape index (κ3) is 5.52. The number of ether oxygens (including phenoxy) is 1. The fourth-order valence-corrected chi connectivity index (χ4v) is 5.34. The van der Waals surface area contributed by atoms with E-state index in [1.54, 1.807) is 0 Å². The SMILES string of the molecule is O=C(COCc1ccccc1)NC1CCN(C2CCS(=O)(=O)C2)CC1. The van der Waals surface area contributed by atoms with Crippen LogP contribution in [0.15, 0.2) is 30.3 Å². The van der Waals surface area contributed by atoms with Gasteiger partial charge in [-0.25, -0.2) is 8.42 Å². The summed E-state index contributed by atoms with van der Waals surface area (Å²) in [5, 5.41) is 3.02. The van der Waals surface area contributed by atoms with Gasteiger partial charge in [0, 0.05) is 25.2 Å². The number of amides is 1. The fraction of sp³-hybridized carbons (Fsp3) is 0.611. The van der Waals surface area contributed by atoms with Crippen LogP contribution < -0.4 is 5.32 Å². The van der Waals surface area contributed by atoms with Crippen LogP contribution in [0.1, 0.15) is 24.8 Å². The predicted octanol–water partition coefficient (Wildman–Crippen LogP) is 0.971. The molecule has 1 atom stereocenters. The molecule has 0 saturated carbocycles. The number of benzene rings is 1. The Balaban J connectivity index is 1.34. The van der Waals surface area contributed by atoms with Crippen LogP contribution in [0.5, 0.6) is 0 Å². The molecule has 3 rings (SSSR count). The van der Waals surface area contributed by atoms with Crippen molar-refractivity contribution >= 4 is 15.7 Å². The summed E-state index contributed by atoms with van der Waals surface area (Å²) in [7, 11) is -2.84. The Morgan fingerprint density at radius 2 is 1.88 bits per heavy atom. The van der Waals surface area contributed by atoms with Crippen molar-refractivity contribution in [2.45, 2.75) is 38.0 Å². The number of hydrogen-bond donors (Lipinski definition) is 1. The number of hydrogen-bond acceptors (Lipinski definition) is 5. The van der Waals surface area contributed by atoms with E-state index in [4.69, 9.17) is 4.74 Å². The van der Waals surface area contributed by atoms with Crippen molar-refractivity contribution in [1.29, 1.82) is 0 Å². The third-order valence-corrected chi connectivity index (χ3v) is 6.71. The van der Waals surface area contributed by atoms with Crippen molar-refractivity contribution in [3.8, 4) is 0 Å². The molecule has 2 heterocycles. The smallest absolute Gasteiger partial charge is 0.246 e. The topological polar surface area (TPSA) is 75.7 Å². The van der Waals surface area contributed by atoms with Crippen LogP contribution in [-0.2, 0) is 26.0 Å². The Bertz CT molecular complexity index is 670. The molecule has 0 aliphatic carbocycles. The number of rotatable bonds is 6. The highest BCUT2D eigenvalue weighted by atomic mass is 32.2. The Morgan fingerprint density at radius 3 is 2.52 bits per heavy atom. The van der Waals surface area contributed by atoms with Gasteiger partial charge in [0.1, 0.15) is 6.61 Å². The quantitative estimate of drug-likeness (QED) is 0.812. The van der Waals surface area contributed by atoms with Crippen LogP contribution in [-0.4, -0.2) is 62.5 Å². The molecular weight excluding hydrogens is 340 g/mol. The van der Waals surface area contributed by atoms with Gasteiger partial charge in [0.25, 0.3) is 0 Å². The number of likely N-dealkylation sites (tertiary alicyclic amines) is 1. The zero-order valence-electron chi connectivity index (χ0n) is 14.4. The summed E-state index contributed by atoms with van der Waals surface area (Å²) in [6.07, 6.45) is 2.47. The lowest BCUT2D eigenvalue weighted by atomic mass is 10.0. The zero-order chi connectivity index (χ0) is 17.7. The molecule has 0 aromatic heterocycles. The molecule has 1 unspecified atom stereocenters. The molecule has 2 aliphatic heterocycles. The maximum Gasteiger partial charge on any atom is 0.246 e. The minimum atomic E-state index is -2.84. The molecule has 2 saturated heterocycles. The van der Waals surface area contributed by atoms with Crippen molar-refractivity contribution < 1.29 is 17.9 Å². The van der Waals surface area contributed by atoms with E-state index in [2.05, 4.69) is 10.2 Å². The minimum absolute atomic E-state index is 0.0655. The van der Waals surface area contributed by atoms with Gasteiger partial charge in [-0.1, -0.05) is 30.3 Å². The van der Waals surface area contributed by atoms with Gasteiger partial charge in [0.05, 0.1) is 18.1 Å². The van der Waals surface area contributed by atoms with Crippen LogP contribution in [0.2, 0.25) is 0 Å². The number of carbonyl (C=O) groups is 1. The van der Waals surface area contributed by atoms with Gasteiger partial charge in [-0.3, -0.25) is 9.69 Å². The molecule has 25 heavy (non-hydrogen) atoms. The molecule has 138 valence electrons. The van der Waals surface area contributed by atoms with Crippen LogP contribution in [0.25, 0.3) is 0 Å². The first-order valence-electron chi connectivity index (χ1n) is 8.87. The summed E-state index contributed by atoms with van der Waals surface area (Å²) in [6.45, 7) is 2.19. The van der Waals surface area contributed by atoms with E-state index in [0.717, 1.165) is 37.9 Å². The molecule has 6 nitrogen and oxygen atoms in total. The summed E-state index contributed by atoms with van der Waals surface area (Å²) >= 11 is 0. The number of sulfone groups is 1. The average Bonchev–Trinajstić information content (AvgIpc) is 2.96. The molecule has 1 aromatic rings. The normalized spacial score (nSPS) is 24.2. The lowest BCUT2D eigenvalue weighted by molar-refractivity contribution is -0.127. The number of nitrogens with zero attached hydrogens (tertiary/aromatic N) is 1. The second-order valence-corrected chi connectivity index (χ2v) is 9.14. The lowest BCUT2D eigenvalue weighted by Gasteiger charge is -2.35. The molecule has 0 radical (unpaired) electrons. The zero-order valence-corrected chi connectivity index (χ0v) is 15.2. The standard InChI is InChI=1S/C18H26N2O4S/c21-18(13-24-12-15-4-2-1-3-5-15)19-16-6-9-20(10-7-16)17-8-11-25(22,23)14-17/h1-5,16-17H,6-14H2,(H,19,21). The van der Waals surface area contributed by atoms with Gasteiger partial charge in [0.15, 0.2) is 9.84 Å². The van der Waals surface area contributed by atoms with E-state index in [1.165, 1.54) is 0 Å². The first-order valence-corrected chi connectivity index (χ1v) is 10.7. The van der Waals surface area contributed by atoms with E-state index in [9.17, 15) is 13.2 Å². The summed E-state index contributed by atoms with van der Waals surface area (Å²) in [6, 6.07) is 10.1. The van der Waals surface area contributed by atoms with Crippen LogP contribution in [0, 0.1) is 0 Å². The van der Waals surface area contributed by atoms with Gasteiger partial charge < -0.3 is 10.1 Å². The molecule has 1 amide bonds. The molecule has 7 heteroatoms. The van der Waals surface area contributed by atoms with Gasteiger partial charge in [-0.2, -0.15) is 0 Å². The van der Waals surface area contributed by atoms with E-state index < -0.39 is 9.84 Å². The van der Waals surface area contributed by atoms with Crippen molar-refractivity contribution in [2.24, 2.45) is 0 Å². The Morgan fingerprint density at radius 1 is 1.16 bits per heavy atom. The predicted molar refractivity (Wildman–Crippen MR) is 95.9 cm³/mol. The highest BCUT2D eigenvalue weighted by Gasteiger charge is 2.34. The second-order valence-electron chi connectivity index (χ2n) is 6.91. The molecule has 0 spiro atoms. The Hall–Kier alpha value is -1.44. The summed E-state index contributed by atoms with van der Waals surface area (Å²) < 4.78 is 28.7. The first-order chi connectivity index (χ1) is 12.0. The van der Waals surface area contributed by atoms with Crippen molar-refractivity contribution in [3.05, 3.63) is 35.9 Å². The summed E-state index contributed by atoms with van der Waals surface area (Å²) in [4.78, 5) is 14.3. The van der Waals surface area contributed by atoms with Gasteiger partial charge in [-0.05, 0) is 24.8 Å². The second kappa shape index (κ2) is 8.29. The Kier molecular flexibility index (Phi) is 6.09. The van der Waals surface area contributed by atoms with Crippen molar-refractivity contribution in [3.63, 3.8) is 0 Å². The third-order valence-electron chi connectivity index (χ3n) is 4.96. The van der Waals surface area contributed by atoms with Crippen LogP contribution >= 0.6 is 0 Å². The maximum atomic E-state index is 12.0. The minimum Gasteiger partial charge on any atom is -0.367 e. The van der Waals surface area contributed by atoms with E-state index in [0.29, 0.717) is 12.4 Å². The van der Waals surface area contributed by atoms with Gasteiger partial charge in [0.2, 0.25) is 5.91 Å². The van der Waals surface area contributed by atoms with E-state index in [-0.39, 0.29) is 30.4 Å². The molecule has 1 N–H and O–H groups in total. The average molecular weight is 366 g/mol. The highest BCUT2D eigenvalue weighted by molar-refractivity contribution is 7.91. The van der Waals surface area contributed by atoms with Crippen molar-refractivity contribution in [1.82, 2.24) is 10.2 Å². The molecule has 0 bridgehead atoms. The number of piperidine rings is 1. The van der Waals surface area contributed by atoms with Gasteiger partial charge >= 0.3 is 0 Å². The van der Waals surface area contributed by atoms with E-state index >= 15 is 0 Å². The van der Waals surface area contributed by atoms with Gasteiger partial charge in [-0.15, -0.1) is 0 Å². The monoisotopic (exact) mass is 366 g/mol. The first kappa shape index (κ1) is 18.4. The molecule has 1 aromatic carbocycles. The highest BCUT2D eigenvalue weighted by Crippen LogP contribution is 2.21. The largest absolute Gasteiger partial charge is 0.367 e. The maximum absolute atomic E-state index is 12.0.